The zero-order valence-electron chi connectivity index (χ0n) is 18.8. The molecule has 0 aromatic heterocycles. The summed E-state index contributed by atoms with van der Waals surface area (Å²) in [5, 5.41) is 0. The summed E-state index contributed by atoms with van der Waals surface area (Å²) in [5.41, 5.74) is -0.704. The largest absolute Gasteiger partial charge is 0.469 e. The van der Waals surface area contributed by atoms with Gasteiger partial charge in [-0.2, -0.15) is 0 Å². The first-order valence-electron chi connectivity index (χ1n) is 10.6. The first kappa shape index (κ1) is 22.6. The van der Waals surface area contributed by atoms with Gasteiger partial charge in [0.25, 0.3) is 0 Å². The van der Waals surface area contributed by atoms with Crippen molar-refractivity contribution in [2.24, 2.45) is 40.4 Å². The minimum absolute atomic E-state index is 0.00319. The van der Waals surface area contributed by atoms with E-state index in [1.807, 2.05) is 20.8 Å². The lowest BCUT2D eigenvalue weighted by Gasteiger charge is -2.44. The van der Waals surface area contributed by atoms with Gasteiger partial charge in [0.2, 0.25) is 0 Å². The fourth-order valence-corrected chi connectivity index (χ4v) is 8.53. The van der Waals surface area contributed by atoms with Crippen LogP contribution in [-0.4, -0.2) is 44.6 Å². The predicted molar refractivity (Wildman–Crippen MR) is 110 cm³/mol. The molecule has 0 aromatic carbocycles. The Kier molecular flexibility index (Phi) is 5.42. The molecular formula is C22H36O6S. The van der Waals surface area contributed by atoms with Gasteiger partial charge in [-0.1, -0.05) is 20.8 Å². The van der Waals surface area contributed by atoms with Crippen molar-refractivity contribution in [3.05, 3.63) is 0 Å². The number of sulfone groups is 1. The molecule has 2 saturated carbocycles. The SMILES string of the molecule is COC(=O)[C@@H]1CS(=O)(=O)C[C@@H]1[C@@H](C(=O)OC(C)(C)C)C1CC2CCC1(C)C2(C)C. The molecule has 0 amide bonds. The molecule has 1 heterocycles. The zero-order chi connectivity index (χ0) is 22.0. The third kappa shape index (κ3) is 3.72. The van der Waals surface area contributed by atoms with Crippen LogP contribution in [0.2, 0.25) is 0 Å². The molecule has 3 fully saturated rings. The summed E-state index contributed by atoms with van der Waals surface area (Å²) in [6.45, 7) is 12.2. The molecule has 6 nitrogen and oxygen atoms in total. The quantitative estimate of drug-likeness (QED) is 0.639. The maximum absolute atomic E-state index is 13.5. The van der Waals surface area contributed by atoms with Gasteiger partial charge < -0.3 is 9.47 Å². The van der Waals surface area contributed by atoms with E-state index in [1.165, 1.54) is 7.11 Å². The summed E-state index contributed by atoms with van der Waals surface area (Å²) in [4.78, 5) is 25.9. The van der Waals surface area contributed by atoms with Crippen molar-refractivity contribution < 1.29 is 27.5 Å². The molecule has 3 aliphatic rings. The number of rotatable bonds is 4. The molecule has 1 saturated heterocycles. The van der Waals surface area contributed by atoms with Gasteiger partial charge >= 0.3 is 11.9 Å². The summed E-state index contributed by atoms with van der Waals surface area (Å²) >= 11 is 0. The van der Waals surface area contributed by atoms with E-state index >= 15 is 0 Å². The number of hydrogen-bond acceptors (Lipinski definition) is 6. The molecule has 0 aromatic rings. The Hall–Kier alpha value is -1.11. The highest BCUT2D eigenvalue weighted by molar-refractivity contribution is 7.91. The molecule has 3 rings (SSSR count). The molecule has 0 N–H and O–H groups in total. The van der Waals surface area contributed by atoms with E-state index in [4.69, 9.17) is 9.47 Å². The molecule has 6 atom stereocenters. The average Bonchev–Trinajstić information content (AvgIpc) is 3.07. The van der Waals surface area contributed by atoms with Crippen LogP contribution in [0, 0.1) is 40.4 Å². The van der Waals surface area contributed by atoms with Crippen LogP contribution in [-0.2, 0) is 28.9 Å². The summed E-state index contributed by atoms with van der Waals surface area (Å²) in [6, 6.07) is 0. The number of hydrogen-bond donors (Lipinski definition) is 0. The van der Waals surface area contributed by atoms with Crippen LogP contribution in [0.25, 0.3) is 0 Å². The lowest BCUT2D eigenvalue weighted by Crippen LogP contribution is -2.46. The molecule has 166 valence electrons. The minimum Gasteiger partial charge on any atom is -0.469 e. The summed E-state index contributed by atoms with van der Waals surface area (Å²) in [6.07, 6.45) is 3.01. The zero-order valence-corrected chi connectivity index (χ0v) is 19.6. The van der Waals surface area contributed by atoms with Gasteiger partial charge in [0, 0.05) is 5.92 Å². The second kappa shape index (κ2) is 6.96. The van der Waals surface area contributed by atoms with Crippen molar-refractivity contribution in [2.75, 3.05) is 18.6 Å². The minimum atomic E-state index is -3.42. The topological polar surface area (TPSA) is 86.7 Å². The Morgan fingerprint density at radius 3 is 2.17 bits per heavy atom. The van der Waals surface area contributed by atoms with Crippen molar-refractivity contribution >= 4 is 21.8 Å². The van der Waals surface area contributed by atoms with Crippen LogP contribution in [0.4, 0.5) is 0 Å². The van der Waals surface area contributed by atoms with E-state index in [-0.39, 0.29) is 34.2 Å². The van der Waals surface area contributed by atoms with Gasteiger partial charge in [0.15, 0.2) is 9.84 Å². The first-order valence-corrected chi connectivity index (χ1v) is 12.5. The summed E-state index contributed by atoms with van der Waals surface area (Å²) < 4.78 is 35.7. The van der Waals surface area contributed by atoms with Gasteiger partial charge in [0.05, 0.1) is 30.5 Å². The Morgan fingerprint density at radius 1 is 1.10 bits per heavy atom. The van der Waals surface area contributed by atoms with Crippen LogP contribution in [0.15, 0.2) is 0 Å². The van der Waals surface area contributed by atoms with Gasteiger partial charge in [-0.15, -0.1) is 0 Å². The number of fused-ring (bicyclic) bond motifs is 2. The summed E-state index contributed by atoms with van der Waals surface area (Å²) in [7, 11) is -2.15. The second-order valence-electron chi connectivity index (χ2n) is 11.1. The Bertz CT molecular complexity index is 793. The van der Waals surface area contributed by atoms with Crippen LogP contribution < -0.4 is 0 Å². The lowest BCUT2D eigenvalue weighted by molar-refractivity contribution is -0.169. The Balaban J connectivity index is 2.05. The molecule has 2 bridgehead atoms. The highest BCUT2D eigenvalue weighted by Crippen LogP contribution is 2.70. The molecule has 7 heteroatoms. The lowest BCUT2D eigenvalue weighted by atomic mass is 9.60. The number of esters is 2. The van der Waals surface area contributed by atoms with Crippen LogP contribution in [0.3, 0.4) is 0 Å². The van der Waals surface area contributed by atoms with E-state index in [0.29, 0.717) is 5.92 Å². The average molecular weight is 429 g/mol. The molecular weight excluding hydrogens is 392 g/mol. The smallest absolute Gasteiger partial charge is 0.310 e. The van der Waals surface area contributed by atoms with E-state index in [0.717, 1.165) is 19.3 Å². The van der Waals surface area contributed by atoms with E-state index in [9.17, 15) is 18.0 Å². The van der Waals surface area contributed by atoms with Crippen LogP contribution >= 0.6 is 0 Å². The number of carbonyl (C=O) groups excluding carboxylic acids is 2. The normalized spacial score (nSPS) is 38.6. The molecule has 1 aliphatic heterocycles. The van der Waals surface area contributed by atoms with E-state index in [2.05, 4.69) is 20.8 Å². The van der Waals surface area contributed by atoms with Crippen molar-refractivity contribution in [3.8, 4) is 0 Å². The van der Waals surface area contributed by atoms with Gasteiger partial charge in [-0.3, -0.25) is 9.59 Å². The van der Waals surface area contributed by atoms with Gasteiger partial charge in [0.1, 0.15) is 5.60 Å². The maximum atomic E-state index is 13.5. The van der Waals surface area contributed by atoms with Crippen molar-refractivity contribution in [1.29, 1.82) is 0 Å². The molecule has 0 radical (unpaired) electrons. The van der Waals surface area contributed by atoms with Crippen molar-refractivity contribution in [3.63, 3.8) is 0 Å². The van der Waals surface area contributed by atoms with Crippen molar-refractivity contribution in [1.82, 2.24) is 0 Å². The third-order valence-corrected chi connectivity index (χ3v) is 10.1. The molecule has 0 spiro atoms. The third-order valence-electron chi connectivity index (χ3n) is 8.34. The van der Waals surface area contributed by atoms with E-state index < -0.39 is 39.2 Å². The Morgan fingerprint density at radius 2 is 1.72 bits per heavy atom. The van der Waals surface area contributed by atoms with E-state index in [1.54, 1.807) is 0 Å². The fourth-order valence-electron chi connectivity index (χ4n) is 6.44. The Labute approximate surface area is 175 Å². The number of methoxy groups -OCH3 is 1. The standard InChI is InChI=1S/C22H36O6S/c1-20(2,3)28-19(24)17(14-11-29(25,26)12-15(14)18(23)27-7)16-10-13-8-9-22(16,6)21(13,4)5/h13-17H,8-12H2,1-7H3/t13?,14-,15+,16?,17+,22?/m0/s1. The van der Waals surface area contributed by atoms with Crippen LogP contribution in [0.1, 0.15) is 60.8 Å². The fraction of sp³-hybridized carbons (Fsp3) is 0.909. The molecule has 29 heavy (non-hydrogen) atoms. The maximum Gasteiger partial charge on any atom is 0.310 e. The van der Waals surface area contributed by atoms with Gasteiger partial charge in [-0.25, -0.2) is 8.42 Å². The highest BCUT2D eigenvalue weighted by Gasteiger charge is 2.66. The predicted octanol–water partition coefficient (Wildman–Crippen LogP) is 3.24. The first-order chi connectivity index (χ1) is 13.1. The van der Waals surface area contributed by atoms with Crippen molar-refractivity contribution in [2.45, 2.75) is 66.4 Å². The van der Waals surface area contributed by atoms with Gasteiger partial charge in [-0.05, 0) is 62.7 Å². The molecule has 3 unspecified atom stereocenters. The number of carbonyl (C=O) groups is 2. The van der Waals surface area contributed by atoms with Crippen LogP contribution in [0.5, 0.6) is 0 Å². The highest BCUT2D eigenvalue weighted by atomic mass is 32.2. The summed E-state index contributed by atoms with van der Waals surface area (Å²) in [5.74, 6) is -2.86. The second-order valence-corrected chi connectivity index (χ2v) is 13.3. The monoisotopic (exact) mass is 428 g/mol. The molecule has 2 aliphatic carbocycles. The number of ether oxygens (including phenoxy) is 2.